The highest BCUT2D eigenvalue weighted by molar-refractivity contribution is 5.43. The molecule has 2 atom stereocenters. The van der Waals surface area contributed by atoms with Gasteiger partial charge in [0.1, 0.15) is 29.3 Å². The minimum atomic E-state index is -0.540. The van der Waals surface area contributed by atoms with Gasteiger partial charge in [-0.15, -0.1) is 0 Å². The summed E-state index contributed by atoms with van der Waals surface area (Å²) in [5.74, 6) is -0.219. The van der Waals surface area contributed by atoms with Gasteiger partial charge in [0.15, 0.2) is 0 Å². The first-order valence-corrected chi connectivity index (χ1v) is 5.31. The molecule has 4 heteroatoms. The van der Waals surface area contributed by atoms with Crippen LogP contribution in [-0.4, -0.2) is 12.1 Å². The molecule has 2 rings (SSSR count). The first-order chi connectivity index (χ1) is 7.70. The molecule has 0 aliphatic heterocycles. The van der Waals surface area contributed by atoms with Gasteiger partial charge in [-0.3, -0.25) is 0 Å². The second-order valence-electron chi connectivity index (χ2n) is 4.04. The van der Waals surface area contributed by atoms with Crippen LogP contribution in [0.5, 0.6) is 5.75 Å². The fourth-order valence-corrected chi connectivity index (χ4v) is 1.97. The molecule has 0 aromatic heterocycles. The summed E-state index contributed by atoms with van der Waals surface area (Å²) in [6, 6.07) is 6.39. The lowest BCUT2D eigenvalue weighted by Crippen LogP contribution is -2.19. The molecule has 1 aromatic rings. The first kappa shape index (κ1) is 10.9. The lowest BCUT2D eigenvalue weighted by atomic mass is 10.2. The molecule has 1 saturated carbocycles. The summed E-state index contributed by atoms with van der Waals surface area (Å²) in [5, 5.41) is 8.83. The van der Waals surface area contributed by atoms with Crippen molar-refractivity contribution >= 4 is 0 Å². The van der Waals surface area contributed by atoms with Gasteiger partial charge >= 0.3 is 0 Å². The normalized spacial score (nSPS) is 24.1. The van der Waals surface area contributed by atoms with Crippen LogP contribution in [0.25, 0.3) is 0 Å². The van der Waals surface area contributed by atoms with Crippen molar-refractivity contribution in [2.24, 2.45) is 5.73 Å². The maximum absolute atomic E-state index is 13.3. The second kappa shape index (κ2) is 4.50. The number of nitriles is 1. The standard InChI is InChI=1S/C12H13FN2O/c13-11-2-1-3-12(10(11)7-14)16-9-5-4-8(15)6-9/h1-3,8-9H,4-6,15H2. The topological polar surface area (TPSA) is 59.0 Å². The Hall–Kier alpha value is -1.60. The Kier molecular flexibility index (Phi) is 3.07. The van der Waals surface area contributed by atoms with E-state index in [1.807, 2.05) is 6.07 Å². The van der Waals surface area contributed by atoms with Crippen molar-refractivity contribution in [1.29, 1.82) is 5.26 Å². The molecule has 0 saturated heterocycles. The van der Waals surface area contributed by atoms with Crippen molar-refractivity contribution in [1.82, 2.24) is 0 Å². The number of ether oxygens (including phenoxy) is 1. The molecule has 0 heterocycles. The van der Waals surface area contributed by atoms with Crippen molar-refractivity contribution in [3.05, 3.63) is 29.6 Å². The van der Waals surface area contributed by atoms with Crippen LogP contribution in [0.2, 0.25) is 0 Å². The number of nitrogens with two attached hydrogens (primary N) is 1. The third kappa shape index (κ3) is 2.15. The number of hydrogen-bond acceptors (Lipinski definition) is 3. The molecule has 2 unspecified atom stereocenters. The van der Waals surface area contributed by atoms with E-state index in [-0.39, 0.29) is 17.7 Å². The van der Waals surface area contributed by atoms with E-state index in [4.69, 9.17) is 15.7 Å². The third-order valence-corrected chi connectivity index (χ3v) is 2.81. The van der Waals surface area contributed by atoms with Gasteiger partial charge in [0.05, 0.1) is 0 Å². The number of halogens is 1. The first-order valence-electron chi connectivity index (χ1n) is 5.31. The monoisotopic (exact) mass is 220 g/mol. The van der Waals surface area contributed by atoms with Crippen LogP contribution in [0.15, 0.2) is 18.2 Å². The molecule has 0 amide bonds. The number of rotatable bonds is 2. The smallest absolute Gasteiger partial charge is 0.144 e. The molecule has 0 spiro atoms. The van der Waals surface area contributed by atoms with Crippen LogP contribution in [0.3, 0.4) is 0 Å². The highest BCUT2D eigenvalue weighted by Gasteiger charge is 2.24. The summed E-state index contributed by atoms with van der Waals surface area (Å²) in [6.07, 6.45) is 2.55. The molecule has 0 bridgehead atoms. The molecule has 1 aliphatic rings. The average Bonchev–Trinajstić information content (AvgIpc) is 2.64. The quantitative estimate of drug-likeness (QED) is 0.828. The van der Waals surface area contributed by atoms with Crippen molar-refractivity contribution in [3.63, 3.8) is 0 Å². The van der Waals surface area contributed by atoms with Crippen molar-refractivity contribution in [2.45, 2.75) is 31.4 Å². The Morgan fingerprint density at radius 3 is 2.88 bits per heavy atom. The lowest BCUT2D eigenvalue weighted by molar-refractivity contribution is 0.207. The predicted molar refractivity (Wildman–Crippen MR) is 57.4 cm³/mol. The zero-order valence-corrected chi connectivity index (χ0v) is 8.82. The van der Waals surface area contributed by atoms with Gasteiger partial charge < -0.3 is 10.5 Å². The second-order valence-corrected chi connectivity index (χ2v) is 4.04. The number of hydrogen-bond donors (Lipinski definition) is 1. The van der Waals surface area contributed by atoms with E-state index in [0.29, 0.717) is 5.75 Å². The molecule has 16 heavy (non-hydrogen) atoms. The fourth-order valence-electron chi connectivity index (χ4n) is 1.97. The minimum Gasteiger partial charge on any atom is -0.489 e. The van der Waals surface area contributed by atoms with E-state index in [9.17, 15) is 4.39 Å². The van der Waals surface area contributed by atoms with Crippen molar-refractivity contribution in [2.75, 3.05) is 0 Å². The van der Waals surface area contributed by atoms with Gasteiger partial charge in [-0.1, -0.05) is 6.07 Å². The van der Waals surface area contributed by atoms with E-state index in [1.165, 1.54) is 6.07 Å². The summed E-state index contributed by atoms with van der Waals surface area (Å²) < 4.78 is 18.9. The van der Waals surface area contributed by atoms with Gasteiger partial charge in [-0.05, 0) is 31.4 Å². The van der Waals surface area contributed by atoms with Gasteiger partial charge in [-0.2, -0.15) is 5.26 Å². The van der Waals surface area contributed by atoms with Gasteiger partial charge in [0.2, 0.25) is 0 Å². The van der Waals surface area contributed by atoms with Gasteiger partial charge in [-0.25, -0.2) is 4.39 Å². The molecule has 3 nitrogen and oxygen atoms in total. The van der Waals surface area contributed by atoms with Gasteiger partial charge in [0, 0.05) is 6.04 Å². The van der Waals surface area contributed by atoms with Crippen molar-refractivity contribution in [3.8, 4) is 11.8 Å². The largest absolute Gasteiger partial charge is 0.489 e. The minimum absolute atomic E-state index is 0.00361. The highest BCUT2D eigenvalue weighted by Crippen LogP contribution is 2.27. The molecular weight excluding hydrogens is 207 g/mol. The molecule has 2 N–H and O–H groups in total. The molecule has 84 valence electrons. The van der Waals surface area contributed by atoms with Crippen molar-refractivity contribution < 1.29 is 9.13 Å². The maximum Gasteiger partial charge on any atom is 0.144 e. The molecule has 0 radical (unpaired) electrons. The molecule has 1 fully saturated rings. The fraction of sp³-hybridized carbons (Fsp3) is 0.417. The SMILES string of the molecule is N#Cc1c(F)cccc1OC1CCC(N)C1. The van der Waals surface area contributed by atoms with Crippen LogP contribution in [0.4, 0.5) is 4.39 Å². The maximum atomic E-state index is 13.3. The van der Waals surface area contributed by atoms with Crippen LogP contribution in [-0.2, 0) is 0 Å². The highest BCUT2D eigenvalue weighted by atomic mass is 19.1. The Balaban J connectivity index is 2.16. The van der Waals surface area contributed by atoms with Crippen LogP contribution in [0.1, 0.15) is 24.8 Å². The van der Waals surface area contributed by atoms with Gasteiger partial charge in [0.25, 0.3) is 0 Å². The Morgan fingerprint density at radius 1 is 1.44 bits per heavy atom. The summed E-state index contributed by atoms with van der Waals surface area (Å²) in [7, 11) is 0. The predicted octanol–water partition coefficient (Wildman–Crippen LogP) is 1.96. The Morgan fingerprint density at radius 2 is 2.25 bits per heavy atom. The van der Waals surface area contributed by atoms with E-state index >= 15 is 0 Å². The van der Waals surface area contributed by atoms with Crippen LogP contribution >= 0.6 is 0 Å². The van der Waals surface area contributed by atoms with Crippen LogP contribution < -0.4 is 10.5 Å². The molecular formula is C12H13FN2O. The third-order valence-electron chi connectivity index (χ3n) is 2.81. The Bertz CT molecular complexity index is 428. The summed E-state index contributed by atoms with van der Waals surface area (Å²) in [6.45, 7) is 0. The van der Waals surface area contributed by atoms with Crippen LogP contribution in [0, 0.1) is 17.1 Å². The summed E-state index contributed by atoms with van der Waals surface area (Å²) in [4.78, 5) is 0. The number of benzene rings is 1. The number of nitrogens with zero attached hydrogens (tertiary/aromatic N) is 1. The molecule has 1 aliphatic carbocycles. The zero-order chi connectivity index (χ0) is 11.5. The zero-order valence-electron chi connectivity index (χ0n) is 8.82. The average molecular weight is 220 g/mol. The summed E-state index contributed by atoms with van der Waals surface area (Å²) in [5.41, 5.74) is 5.74. The van der Waals surface area contributed by atoms with E-state index < -0.39 is 5.82 Å². The lowest BCUT2D eigenvalue weighted by Gasteiger charge is -2.14. The summed E-state index contributed by atoms with van der Waals surface area (Å²) >= 11 is 0. The van der Waals surface area contributed by atoms with E-state index in [1.54, 1.807) is 12.1 Å². The van der Waals surface area contributed by atoms with E-state index in [2.05, 4.69) is 0 Å². The van der Waals surface area contributed by atoms with E-state index in [0.717, 1.165) is 19.3 Å². The Labute approximate surface area is 93.6 Å². The molecule has 1 aromatic carbocycles.